The maximum atomic E-state index is 10.4. The zero-order valence-corrected chi connectivity index (χ0v) is 14.6. The molecule has 3 aromatic rings. The minimum absolute atomic E-state index is 0.0932. The molecule has 2 heterocycles. The van der Waals surface area contributed by atoms with Gasteiger partial charge in [0.05, 0.1) is 24.5 Å². The van der Waals surface area contributed by atoms with Gasteiger partial charge in [0.15, 0.2) is 0 Å². The SMILES string of the molecule is O[C@@H]1CC(Cn2cccn2)C[C@H]1NCc1cnnn1Cc1ccccc1. The van der Waals surface area contributed by atoms with Crippen molar-refractivity contribution in [1.82, 2.24) is 30.1 Å². The number of nitrogens with one attached hydrogen (secondary N) is 1. The molecule has 1 aromatic carbocycles. The molecule has 2 aromatic heterocycles. The Morgan fingerprint density at radius 1 is 1.15 bits per heavy atom. The van der Waals surface area contributed by atoms with Crippen LogP contribution < -0.4 is 5.32 Å². The van der Waals surface area contributed by atoms with Gasteiger partial charge in [0.1, 0.15) is 0 Å². The van der Waals surface area contributed by atoms with Crippen molar-refractivity contribution in [3.63, 3.8) is 0 Å². The third-order valence-electron chi connectivity index (χ3n) is 5.05. The van der Waals surface area contributed by atoms with Gasteiger partial charge in [-0.25, -0.2) is 4.68 Å². The molecule has 7 nitrogen and oxygen atoms in total. The standard InChI is InChI=1S/C19H24N6O/c26-19-10-16(13-24-8-4-7-22-24)9-18(19)20-11-17-12-21-23-25(17)14-15-5-2-1-3-6-15/h1-8,12,16,18-20,26H,9-11,13-14H2/t16?,18-,19-/m1/s1. The van der Waals surface area contributed by atoms with E-state index in [1.165, 1.54) is 5.56 Å². The lowest BCUT2D eigenvalue weighted by Crippen LogP contribution is -2.35. The van der Waals surface area contributed by atoms with E-state index in [0.717, 1.165) is 25.1 Å². The van der Waals surface area contributed by atoms with Crippen LogP contribution in [0.2, 0.25) is 0 Å². The van der Waals surface area contributed by atoms with Crippen molar-refractivity contribution in [2.24, 2.45) is 5.92 Å². The Balaban J connectivity index is 1.32. The van der Waals surface area contributed by atoms with Gasteiger partial charge in [0.25, 0.3) is 0 Å². The van der Waals surface area contributed by atoms with Crippen LogP contribution in [0.3, 0.4) is 0 Å². The van der Waals surface area contributed by atoms with Crippen LogP contribution in [0.5, 0.6) is 0 Å². The Kier molecular flexibility index (Phi) is 5.08. The summed E-state index contributed by atoms with van der Waals surface area (Å²) in [6.45, 7) is 2.21. The van der Waals surface area contributed by atoms with Gasteiger partial charge in [-0.1, -0.05) is 35.5 Å². The zero-order valence-electron chi connectivity index (χ0n) is 14.6. The number of hydrogen-bond acceptors (Lipinski definition) is 5. The fraction of sp³-hybridized carbons (Fsp3) is 0.421. The van der Waals surface area contributed by atoms with Crippen molar-refractivity contribution < 1.29 is 5.11 Å². The first-order valence-corrected chi connectivity index (χ1v) is 9.08. The normalized spacial score (nSPS) is 22.7. The molecule has 7 heteroatoms. The van der Waals surface area contributed by atoms with Crippen LogP contribution >= 0.6 is 0 Å². The van der Waals surface area contributed by atoms with Crippen LogP contribution in [0.1, 0.15) is 24.1 Å². The van der Waals surface area contributed by atoms with Crippen LogP contribution in [0.4, 0.5) is 0 Å². The second kappa shape index (κ2) is 7.80. The number of aliphatic hydroxyl groups is 1. The lowest BCUT2D eigenvalue weighted by Gasteiger charge is -2.16. The first-order valence-electron chi connectivity index (χ1n) is 9.08. The topological polar surface area (TPSA) is 80.8 Å². The van der Waals surface area contributed by atoms with Crippen LogP contribution in [-0.4, -0.2) is 42.0 Å². The lowest BCUT2D eigenvalue weighted by atomic mass is 10.1. The summed E-state index contributed by atoms with van der Waals surface area (Å²) in [5.41, 5.74) is 2.22. The predicted octanol–water partition coefficient (Wildman–Crippen LogP) is 1.45. The number of aliphatic hydroxyl groups excluding tert-OH is 1. The predicted molar refractivity (Wildman–Crippen MR) is 97.2 cm³/mol. The number of nitrogens with zero attached hydrogens (tertiary/aromatic N) is 5. The van der Waals surface area contributed by atoms with Crippen LogP contribution in [0, 0.1) is 5.92 Å². The maximum absolute atomic E-state index is 10.4. The summed E-state index contributed by atoms with van der Waals surface area (Å²) in [6, 6.07) is 12.3. The second-order valence-corrected chi connectivity index (χ2v) is 6.99. The van der Waals surface area contributed by atoms with E-state index in [4.69, 9.17) is 0 Å². The molecule has 1 aliphatic carbocycles. The molecule has 0 aliphatic heterocycles. The summed E-state index contributed by atoms with van der Waals surface area (Å²) in [6.07, 6.45) is 6.98. The summed E-state index contributed by atoms with van der Waals surface area (Å²) < 4.78 is 3.85. The largest absolute Gasteiger partial charge is 0.391 e. The van der Waals surface area contributed by atoms with Crippen molar-refractivity contribution in [2.75, 3.05) is 0 Å². The molecule has 0 bridgehead atoms. The van der Waals surface area contributed by atoms with Gasteiger partial charge in [0, 0.05) is 31.5 Å². The molecule has 4 rings (SSSR count). The van der Waals surface area contributed by atoms with Crippen molar-refractivity contribution in [3.8, 4) is 0 Å². The first-order chi connectivity index (χ1) is 12.8. The highest BCUT2D eigenvalue weighted by atomic mass is 16.3. The van der Waals surface area contributed by atoms with Gasteiger partial charge in [-0.3, -0.25) is 4.68 Å². The van der Waals surface area contributed by atoms with Gasteiger partial charge >= 0.3 is 0 Å². The van der Waals surface area contributed by atoms with Crippen LogP contribution in [0.15, 0.2) is 55.0 Å². The van der Waals surface area contributed by atoms with Crippen molar-refractivity contribution in [2.45, 2.75) is 44.6 Å². The third-order valence-corrected chi connectivity index (χ3v) is 5.05. The van der Waals surface area contributed by atoms with Gasteiger partial charge in [-0.2, -0.15) is 5.10 Å². The minimum Gasteiger partial charge on any atom is -0.391 e. The summed E-state index contributed by atoms with van der Waals surface area (Å²) >= 11 is 0. The van der Waals surface area contributed by atoms with Crippen molar-refractivity contribution in [3.05, 3.63) is 66.2 Å². The molecule has 2 N–H and O–H groups in total. The summed E-state index contributed by atoms with van der Waals surface area (Å²) in [5, 5.41) is 26.4. The molecule has 1 saturated carbocycles. The Bertz CT molecular complexity index is 801. The molecule has 0 radical (unpaired) electrons. The molecule has 1 unspecified atom stereocenters. The van der Waals surface area contributed by atoms with E-state index in [1.807, 2.05) is 39.8 Å². The van der Waals surface area contributed by atoms with Gasteiger partial charge in [-0.05, 0) is 30.4 Å². The van der Waals surface area contributed by atoms with E-state index < -0.39 is 0 Å². The van der Waals surface area contributed by atoms with Gasteiger partial charge < -0.3 is 10.4 Å². The van der Waals surface area contributed by atoms with E-state index in [2.05, 4.69) is 32.9 Å². The molecular formula is C19H24N6O. The smallest absolute Gasteiger partial charge is 0.0738 e. The lowest BCUT2D eigenvalue weighted by molar-refractivity contribution is 0.145. The van der Waals surface area contributed by atoms with Gasteiger partial charge in [0.2, 0.25) is 0 Å². The highest BCUT2D eigenvalue weighted by Gasteiger charge is 2.32. The van der Waals surface area contributed by atoms with E-state index in [-0.39, 0.29) is 12.1 Å². The summed E-state index contributed by atoms with van der Waals surface area (Å²) in [5.74, 6) is 0.440. The third kappa shape index (κ3) is 4.00. The fourth-order valence-electron chi connectivity index (χ4n) is 3.70. The zero-order chi connectivity index (χ0) is 17.8. The van der Waals surface area contributed by atoms with E-state index in [1.54, 1.807) is 12.4 Å². The van der Waals surface area contributed by atoms with E-state index in [0.29, 0.717) is 19.0 Å². The minimum atomic E-state index is -0.325. The van der Waals surface area contributed by atoms with Crippen LogP contribution in [-0.2, 0) is 19.6 Å². The number of rotatable bonds is 7. The molecule has 0 saturated heterocycles. The Morgan fingerprint density at radius 3 is 2.85 bits per heavy atom. The number of aromatic nitrogens is 5. The molecule has 26 heavy (non-hydrogen) atoms. The van der Waals surface area contributed by atoms with Crippen molar-refractivity contribution >= 4 is 0 Å². The number of hydrogen-bond donors (Lipinski definition) is 2. The monoisotopic (exact) mass is 352 g/mol. The molecule has 1 aliphatic rings. The summed E-state index contributed by atoms with van der Waals surface area (Å²) in [4.78, 5) is 0. The molecule has 0 amide bonds. The molecule has 1 fully saturated rings. The highest BCUT2D eigenvalue weighted by Crippen LogP contribution is 2.27. The van der Waals surface area contributed by atoms with Crippen LogP contribution in [0.25, 0.3) is 0 Å². The average Bonchev–Trinajstić information content (AvgIpc) is 3.37. The Labute approximate surface area is 152 Å². The first kappa shape index (κ1) is 16.9. The quantitative estimate of drug-likeness (QED) is 0.673. The van der Waals surface area contributed by atoms with E-state index >= 15 is 0 Å². The number of benzene rings is 1. The maximum Gasteiger partial charge on any atom is 0.0738 e. The fourth-order valence-corrected chi connectivity index (χ4v) is 3.70. The second-order valence-electron chi connectivity index (χ2n) is 6.99. The average molecular weight is 352 g/mol. The molecule has 3 atom stereocenters. The Morgan fingerprint density at radius 2 is 2.04 bits per heavy atom. The molecule has 0 spiro atoms. The summed E-state index contributed by atoms with van der Waals surface area (Å²) in [7, 11) is 0. The Hall–Kier alpha value is -2.51. The highest BCUT2D eigenvalue weighted by molar-refractivity contribution is 5.15. The van der Waals surface area contributed by atoms with Gasteiger partial charge in [-0.15, -0.1) is 5.10 Å². The molecule has 136 valence electrons. The molecular weight excluding hydrogens is 328 g/mol. The van der Waals surface area contributed by atoms with Crippen molar-refractivity contribution in [1.29, 1.82) is 0 Å². The van der Waals surface area contributed by atoms with E-state index in [9.17, 15) is 5.11 Å².